The first-order valence-electron chi connectivity index (χ1n) is 5.68. The predicted octanol–water partition coefficient (Wildman–Crippen LogP) is 2.72. The number of nitrogens with zero attached hydrogens (tertiary/aromatic N) is 5. The van der Waals surface area contributed by atoms with E-state index < -0.39 is 0 Å². The lowest BCUT2D eigenvalue weighted by Crippen LogP contribution is -2.10. The molecule has 0 fully saturated rings. The number of rotatable bonds is 3. The van der Waals surface area contributed by atoms with Crippen LogP contribution in [0.5, 0.6) is 0 Å². The van der Waals surface area contributed by atoms with Gasteiger partial charge >= 0.3 is 0 Å². The van der Waals surface area contributed by atoms with Crippen LogP contribution in [0.25, 0.3) is 5.78 Å². The number of hydrogen-bond acceptors (Lipinski definition) is 6. The highest BCUT2D eigenvalue weighted by Crippen LogP contribution is 2.23. The minimum atomic E-state index is 0.0598. The number of hydrogen-bond donors (Lipinski definition) is 1. The number of anilines is 1. The van der Waals surface area contributed by atoms with Crippen LogP contribution in [-0.2, 0) is 0 Å². The lowest BCUT2D eigenvalue weighted by Gasteiger charge is -2.13. The van der Waals surface area contributed by atoms with E-state index in [1.54, 1.807) is 21.9 Å². The Kier molecular flexibility index (Phi) is 3.08. The number of thiazole rings is 1. The second kappa shape index (κ2) is 4.75. The highest BCUT2D eigenvalue weighted by atomic mass is 35.5. The van der Waals surface area contributed by atoms with E-state index in [9.17, 15) is 0 Å². The Bertz CT molecular complexity index is 721. The average molecular weight is 295 g/mol. The van der Waals surface area contributed by atoms with Gasteiger partial charge < -0.3 is 5.32 Å². The van der Waals surface area contributed by atoms with Crippen molar-refractivity contribution in [2.45, 2.75) is 19.9 Å². The first-order chi connectivity index (χ1) is 9.13. The number of nitrogens with one attached hydrogen (secondary N) is 1. The lowest BCUT2D eigenvalue weighted by molar-refractivity contribution is 0.828. The molecule has 0 aromatic carbocycles. The smallest absolute Gasteiger partial charge is 0.255 e. The molecule has 0 saturated carbocycles. The molecule has 3 aromatic heterocycles. The van der Waals surface area contributed by atoms with E-state index >= 15 is 0 Å². The van der Waals surface area contributed by atoms with Gasteiger partial charge in [-0.2, -0.15) is 19.6 Å². The van der Waals surface area contributed by atoms with Gasteiger partial charge in [-0.25, -0.2) is 4.98 Å². The standard InChI is InChI=1S/C11H11ClN6S/c1-6-4-19-10(15-6)7(2)16-9-3-8(12)17-11-13-5-14-18(9)11/h3-5,7,16H,1-2H3. The van der Waals surface area contributed by atoms with Crippen LogP contribution in [-0.4, -0.2) is 24.6 Å². The van der Waals surface area contributed by atoms with Crippen molar-refractivity contribution < 1.29 is 0 Å². The number of aryl methyl sites for hydroxylation is 1. The monoisotopic (exact) mass is 294 g/mol. The molecular weight excluding hydrogens is 284 g/mol. The molecule has 3 heterocycles. The summed E-state index contributed by atoms with van der Waals surface area (Å²) in [6, 6.07) is 1.78. The summed E-state index contributed by atoms with van der Waals surface area (Å²) in [4.78, 5) is 12.6. The molecular formula is C11H11ClN6S. The van der Waals surface area contributed by atoms with Crippen LogP contribution in [0.1, 0.15) is 23.7 Å². The van der Waals surface area contributed by atoms with Gasteiger partial charge in [0.05, 0.1) is 6.04 Å². The summed E-state index contributed by atoms with van der Waals surface area (Å²) in [5.41, 5.74) is 1.02. The molecule has 0 amide bonds. The molecule has 19 heavy (non-hydrogen) atoms. The zero-order chi connectivity index (χ0) is 13.4. The van der Waals surface area contributed by atoms with E-state index in [-0.39, 0.29) is 6.04 Å². The predicted molar refractivity (Wildman–Crippen MR) is 74.7 cm³/mol. The van der Waals surface area contributed by atoms with Crippen LogP contribution in [0.4, 0.5) is 5.82 Å². The van der Waals surface area contributed by atoms with E-state index in [1.807, 2.05) is 19.2 Å². The van der Waals surface area contributed by atoms with Gasteiger partial charge in [-0.3, -0.25) is 0 Å². The third-order valence-electron chi connectivity index (χ3n) is 2.59. The quantitative estimate of drug-likeness (QED) is 0.752. The van der Waals surface area contributed by atoms with Gasteiger partial charge in [-0.1, -0.05) is 11.6 Å². The Morgan fingerprint density at radius 1 is 1.42 bits per heavy atom. The zero-order valence-corrected chi connectivity index (χ0v) is 11.9. The maximum absolute atomic E-state index is 5.97. The Balaban J connectivity index is 1.94. The Morgan fingerprint density at radius 2 is 2.26 bits per heavy atom. The van der Waals surface area contributed by atoms with E-state index in [4.69, 9.17) is 11.6 Å². The van der Waals surface area contributed by atoms with Crippen molar-refractivity contribution in [3.63, 3.8) is 0 Å². The molecule has 0 bridgehead atoms. The van der Waals surface area contributed by atoms with Crippen molar-refractivity contribution in [1.29, 1.82) is 0 Å². The summed E-state index contributed by atoms with van der Waals surface area (Å²) in [6.45, 7) is 4.01. The van der Waals surface area contributed by atoms with Gasteiger partial charge in [-0.05, 0) is 13.8 Å². The van der Waals surface area contributed by atoms with E-state index in [2.05, 4.69) is 25.4 Å². The molecule has 1 unspecified atom stereocenters. The zero-order valence-electron chi connectivity index (χ0n) is 10.3. The first kappa shape index (κ1) is 12.3. The van der Waals surface area contributed by atoms with Gasteiger partial charge in [0.15, 0.2) is 0 Å². The average Bonchev–Trinajstić information content (AvgIpc) is 2.97. The summed E-state index contributed by atoms with van der Waals surface area (Å²) in [5.74, 6) is 1.21. The second-order valence-corrected chi connectivity index (χ2v) is 5.41. The molecule has 6 nitrogen and oxygen atoms in total. The molecule has 0 radical (unpaired) electrons. The Hall–Kier alpha value is -1.73. The summed E-state index contributed by atoms with van der Waals surface area (Å²) in [7, 11) is 0. The van der Waals surface area contributed by atoms with Crippen molar-refractivity contribution in [2.75, 3.05) is 5.32 Å². The van der Waals surface area contributed by atoms with Crippen molar-refractivity contribution in [2.24, 2.45) is 0 Å². The SMILES string of the molecule is Cc1csc(C(C)Nc2cc(Cl)nc3ncnn23)n1. The third-order valence-corrected chi connectivity index (χ3v) is 3.93. The maximum atomic E-state index is 5.97. The Labute approximate surface area is 118 Å². The van der Waals surface area contributed by atoms with Gasteiger partial charge in [0.1, 0.15) is 22.3 Å². The van der Waals surface area contributed by atoms with Gasteiger partial charge in [0.2, 0.25) is 0 Å². The summed E-state index contributed by atoms with van der Waals surface area (Å²) >= 11 is 7.59. The molecule has 0 aliphatic heterocycles. The van der Waals surface area contributed by atoms with E-state index in [1.165, 1.54) is 6.33 Å². The van der Waals surface area contributed by atoms with Gasteiger partial charge in [0, 0.05) is 17.1 Å². The minimum Gasteiger partial charge on any atom is -0.361 e. The van der Waals surface area contributed by atoms with Crippen LogP contribution in [0, 0.1) is 6.92 Å². The van der Waals surface area contributed by atoms with Crippen molar-refractivity contribution in [1.82, 2.24) is 24.6 Å². The number of fused-ring (bicyclic) bond motifs is 1. The first-order valence-corrected chi connectivity index (χ1v) is 6.94. The van der Waals surface area contributed by atoms with Crippen LogP contribution < -0.4 is 5.32 Å². The Morgan fingerprint density at radius 3 is 3.00 bits per heavy atom. The summed E-state index contributed by atoms with van der Waals surface area (Å²) < 4.78 is 1.61. The third kappa shape index (κ3) is 2.39. The number of aromatic nitrogens is 5. The normalized spacial score (nSPS) is 12.8. The fourth-order valence-electron chi connectivity index (χ4n) is 1.74. The molecule has 0 spiro atoms. The fourth-order valence-corrected chi connectivity index (χ4v) is 2.72. The van der Waals surface area contributed by atoms with Crippen molar-refractivity contribution in [3.8, 4) is 0 Å². The van der Waals surface area contributed by atoms with Crippen molar-refractivity contribution in [3.05, 3.63) is 33.6 Å². The highest BCUT2D eigenvalue weighted by molar-refractivity contribution is 7.09. The molecule has 0 aliphatic carbocycles. The van der Waals surface area contributed by atoms with Crippen LogP contribution in [0.2, 0.25) is 5.15 Å². The molecule has 3 aromatic rings. The van der Waals surface area contributed by atoms with Gasteiger partial charge in [0.25, 0.3) is 5.78 Å². The number of halogens is 1. The second-order valence-electron chi connectivity index (χ2n) is 4.13. The van der Waals surface area contributed by atoms with Crippen LogP contribution in [0.15, 0.2) is 17.8 Å². The summed E-state index contributed by atoms with van der Waals surface area (Å²) in [5, 5.41) is 10.9. The largest absolute Gasteiger partial charge is 0.361 e. The fraction of sp³-hybridized carbons (Fsp3) is 0.273. The topological polar surface area (TPSA) is 68.0 Å². The molecule has 1 atom stereocenters. The molecule has 98 valence electrons. The lowest BCUT2D eigenvalue weighted by atomic mass is 10.3. The minimum absolute atomic E-state index is 0.0598. The molecule has 8 heteroatoms. The van der Waals surface area contributed by atoms with E-state index in [0.717, 1.165) is 16.5 Å². The van der Waals surface area contributed by atoms with E-state index in [0.29, 0.717) is 10.9 Å². The van der Waals surface area contributed by atoms with Crippen LogP contribution in [0.3, 0.4) is 0 Å². The maximum Gasteiger partial charge on any atom is 0.255 e. The molecule has 0 saturated heterocycles. The molecule has 0 aliphatic rings. The molecule has 3 rings (SSSR count). The summed E-state index contributed by atoms with van der Waals surface area (Å²) in [6.07, 6.45) is 1.45. The van der Waals surface area contributed by atoms with Crippen molar-refractivity contribution >= 4 is 34.5 Å². The molecule has 1 N–H and O–H groups in total. The highest BCUT2D eigenvalue weighted by Gasteiger charge is 2.13. The van der Waals surface area contributed by atoms with Gasteiger partial charge in [-0.15, -0.1) is 11.3 Å². The van der Waals surface area contributed by atoms with Crippen LogP contribution >= 0.6 is 22.9 Å².